The molecule has 1 saturated heterocycles. The van der Waals surface area contributed by atoms with Crippen LogP contribution in [0.4, 0.5) is 0 Å². The van der Waals surface area contributed by atoms with Crippen molar-refractivity contribution in [2.45, 2.75) is 19.4 Å². The molecule has 3 nitrogen and oxygen atoms in total. The first-order valence-corrected chi connectivity index (χ1v) is 6.37. The number of benzene rings is 1. The Balaban J connectivity index is 1.70. The Bertz CT molecular complexity index is 354. The molecule has 1 unspecified atom stereocenters. The molecule has 0 saturated carbocycles. The van der Waals surface area contributed by atoms with Crippen molar-refractivity contribution in [1.29, 1.82) is 0 Å². The monoisotopic (exact) mass is 234 g/mol. The minimum Gasteiger partial charge on any atom is -0.492 e. The van der Waals surface area contributed by atoms with Crippen molar-refractivity contribution in [3.63, 3.8) is 0 Å². The van der Waals surface area contributed by atoms with Crippen LogP contribution in [0, 0.1) is 6.92 Å². The Kier molecular flexibility index (Phi) is 4.40. The summed E-state index contributed by atoms with van der Waals surface area (Å²) in [6, 6.07) is 8.89. The van der Waals surface area contributed by atoms with E-state index in [2.05, 4.69) is 29.3 Å². The number of likely N-dealkylation sites (tertiary alicyclic amines) is 1. The molecule has 1 aromatic carbocycles. The smallest absolute Gasteiger partial charge is 0.119 e. The number of aryl methyl sites for hydroxylation is 1. The first-order chi connectivity index (χ1) is 8.28. The van der Waals surface area contributed by atoms with Crippen LogP contribution < -0.4 is 10.1 Å². The molecule has 0 amide bonds. The van der Waals surface area contributed by atoms with Gasteiger partial charge in [0.15, 0.2) is 0 Å². The van der Waals surface area contributed by atoms with Crippen LogP contribution in [-0.2, 0) is 0 Å². The van der Waals surface area contributed by atoms with Crippen LogP contribution >= 0.6 is 0 Å². The Morgan fingerprint density at radius 2 is 2.35 bits per heavy atom. The van der Waals surface area contributed by atoms with Crippen molar-refractivity contribution >= 4 is 0 Å². The molecule has 0 radical (unpaired) electrons. The van der Waals surface area contributed by atoms with Crippen molar-refractivity contribution in [3.05, 3.63) is 29.8 Å². The molecule has 1 aliphatic heterocycles. The second-order valence-electron chi connectivity index (χ2n) is 4.74. The van der Waals surface area contributed by atoms with E-state index < -0.39 is 0 Å². The van der Waals surface area contributed by atoms with Gasteiger partial charge in [-0.25, -0.2) is 0 Å². The SMILES string of the molecule is CNC1CCN(CCOc2cccc(C)c2)C1. The number of rotatable bonds is 5. The second-order valence-corrected chi connectivity index (χ2v) is 4.74. The lowest BCUT2D eigenvalue weighted by atomic mass is 10.2. The highest BCUT2D eigenvalue weighted by molar-refractivity contribution is 5.27. The van der Waals surface area contributed by atoms with Crippen LogP contribution in [0.5, 0.6) is 5.75 Å². The molecule has 94 valence electrons. The van der Waals surface area contributed by atoms with E-state index >= 15 is 0 Å². The van der Waals surface area contributed by atoms with E-state index in [1.165, 1.54) is 18.5 Å². The summed E-state index contributed by atoms with van der Waals surface area (Å²) in [5, 5.41) is 3.33. The molecule has 1 N–H and O–H groups in total. The summed E-state index contributed by atoms with van der Waals surface area (Å²) in [4.78, 5) is 2.46. The Labute approximate surface area is 104 Å². The summed E-state index contributed by atoms with van der Waals surface area (Å²) in [6.07, 6.45) is 1.25. The zero-order chi connectivity index (χ0) is 12.1. The Hall–Kier alpha value is -1.06. The molecule has 1 heterocycles. The van der Waals surface area contributed by atoms with Gasteiger partial charge in [-0.1, -0.05) is 12.1 Å². The number of nitrogens with one attached hydrogen (secondary N) is 1. The fraction of sp³-hybridized carbons (Fsp3) is 0.571. The third kappa shape index (κ3) is 3.72. The van der Waals surface area contributed by atoms with E-state index in [0.29, 0.717) is 6.04 Å². The summed E-state index contributed by atoms with van der Waals surface area (Å²) in [6.45, 7) is 6.22. The van der Waals surface area contributed by atoms with E-state index in [0.717, 1.165) is 25.4 Å². The number of nitrogens with zero attached hydrogens (tertiary/aromatic N) is 1. The maximum Gasteiger partial charge on any atom is 0.119 e. The fourth-order valence-corrected chi connectivity index (χ4v) is 2.27. The molecule has 1 fully saturated rings. The third-order valence-electron chi connectivity index (χ3n) is 3.35. The molecule has 0 aliphatic carbocycles. The van der Waals surface area contributed by atoms with Gasteiger partial charge in [0.1, 0.15) is 12.4 Å². The van der Waals surface area contributed by atoms with Crippen molar-refractivity contribution in [1.82, 2.24) is 10.2 Å². The molecular weight excluding hydrogens is 212 g/mol. The van der Waals surface area contributed by atoms with Gasteiger partial charge < -0.3 is 10.1 Å². The summed E-state index contributed by atoms with van der Waals surface area (Å²) < 4.78 is 5.76. The Morgan fingerprint density at radius 3 is 3.06 bits per heavy atom. The molecule has 3 heteroatoms. The van der Waals surface area contributed by atoms with Crippen molar-refractivity contribution in [2.75, 3.05) is 33.3 Å². The summed E-state index contributed by atoms with van der Waals surface area (Å²) in [5.74, 6) is 0.981. The average molecular weight is 234 g/mol. The predicted octanol–water partition coefficient (Wildman–Crippen LogP) is 1.67. The lowest BCUT2D eigenvalue weighted by molar-refractivity contribution is 0.235. The predicted molar refractivity (Wildman–Crippen MR) is 70.6 cm³/mol. The molecule has 1 aromatic rings. The van der Waals surface area contributed by atoms with Crippen LogP contribution in [0.1, 0.15) is 12.0 Å². The molecule has 1 aliphatic rings. The number of ether oxygens (including phenoxy) is 1. The highest BCUT2D eigenvalue weighted by atomic mass is 16.5. The van der Waals surface area contributed by atoms with Crippen LogP contribution in [0.2, 0.25) is 0 Å². The van der Waals surface area contributed by atoms with Gasteiger partial charge in [-0.05, 0) is 44.6 Å². The maximum atomic E-state index is 5.76. The Morgan fingerprint density at radius 1 is 1.47 bits per heavy atom. The van der Waals surface area contributed by atoms with Gasteiger partial charge in [0.2, 0.25) is 0 Å². The van der Waals surface area contributed by atoms with E-state index in [1.807, 2.05) is 19.2 Å². The quantitative estimate of drug-likeness (QED) is 0.838. The van der Waals surface area contributed by atoms with Crippen molar-refractivity contribution in [2.24, 2.45) is 0 Å². The van der Waals surface area contributed by atoms with E-state index in [4.69, 9.17) is 4.74 Å². The standard InChI is InChI=1S/C14H22N2O/c1-12-4-3-5-14(10-12)17-9-8-16-7-6-13(11-16)15-2/h3-5,10,13,15H,6-9,11H2,1-2H3. The summed E-state index contributed by atoms with van der Waals surface area (Å²) in [5.41, 5.74) is 1.25. The molecule has 2 rings (SSSR count). The molecule has 1 atom stereocenters. The molecule has 0 bridgehead atoms. The normalized spacial score (nSPS) is 20.7. The minimum absolute atomic E-state index is 0.661. The zero-order valence-corrected chi connectivity index (χ0v) is 10.8. The highest BCUT2D eigenvalue weighted by Gasteiger charge is 2.20. The highest BCUT2D eigenvalue weighted by Crippen LogP contribution is 2.13. The van der Waals surface area contributed by atoms with Gasteiger partial charge in [0.05, 0.1) is 0 Å². The fourth-order valence-electron chi connectivity index (χ4n) is 2.27. The molecular formula is C14H22N2O. The number of likely N-dealkylation sites (N-methyl/N-ethyl adjacent to an activating group) is 1. The molecule has 0 spiro atoms. The van der Waals surface area contributed by atoms with Gasteiger partial charge in [0, 0.05) is 19.1 Å². The van der Waals surface area contributed by atoms with Crippen molar-refractivity contribution < 1.29 is 4.74 Å². The van der Waals surface area contributed by atoms with Crippen molar-refractivity contribution in [3.8, 4) is 5.75 Å². The topological polar surface area (TPSA) is 24.5 Å². The van der Waals surface area contributed by atoms with Gasteiger partial charge in [-0.3, -0.25) is 4.90 Å². The summed E-state index contributed by atoms with van der Waals surface area (Å²) in [7, 11) is 2.04. The van der Waals surface area contributed by atoms with Gasteiger partial charge in [-0.15, -0.1) is 0 Å². The van der Waals surface area contributed by atoms with Crippen LogP contribution in [-0.4, -0.2) is 44.2 Å². The zero-order valence-electron chi connectivity index (χ0n) is 10.8. The van der Waals surface area contributed by atoms with Crippen LogP contribution in [0.15, 0.2) is 24.3 Å². The minimum atomic E-state index is 0.661. The maximum absolute atomic E-state index is 5.76. The van der Waals surface area contributed by atoms with Gasteiger partial charge in [-0.2, -0.15) is 0 Å². The number of hydrogen-bond acceptors (Lipinski definition) is 3. The average Bonchev–Trinajstić information content (AvgIpc) is 2.77. The van der Waals surface area contributed by atoms with E-state index in [-0.39, 0.29) is 0 Å². The van der Waals surface area contributed by atoms with Crippen LogP contribution in [0.3, 0.4) is 0 Å². The first kappa shape index (κ1) is 12.4. The number of hydrogen-bond donors (Lipinski definition) is 1. The first-order valence-electron chi connectivity index (χ1n) is 6.37. The third-order valence-corrected chi connectivity index (χ3v) is 3.35. The van der Waals surface area contributed by atoms with Gasteiger partial charge >= 0.3 is 0 Å². The summed E-state index contributed by atoms with van der Waals surface area (Å²) >= 11 is 0. The largest absolute Gasteiger partial charge is 0.492 e. The van der Waals surface area contributed by atoms with Crippen LogP contribution in [0.25, 0.3) is 0 Å². The lowest BCUT2D eigenvalue weighted by Gasteiger charge is -2.16. The van der Waals surface area contributed by atoms with Gasteiger partial charge in [0.25, 0.3) is 0 Å². The second kappa shape index (κ2) is 6.03. The lowest BCUT2D eigenvalue weighted by Crippen LogP contribution is -2.31. The molecule has 17 heavy (non-hydrogen) atoms. The van der Waals surface area contributed by atoms with E-state index in [1.54, 1.807) is 0 Å². The molecule has 0 aromatic heterocycles. The van der Waals surface area contributed by atoms with E-state index in [9.17, 15) is 0 Å².